The Hall–Kier alpha value is -0.650. The molecule has 0 radical (unpaired) electrons. The summed E-state index contributed by atoms with van der Waals surface area (Å²) in [5, 5.41) is 20.9. The average molecular weight is 189 g/mol. The summed E-state index contributed by atoms with van der Waals surface area (Å²) in [6.45, 7) is 3.89. The van der Waals surface area contributed by atoms with Crippen LogP contribution in [0.25, 0.3) is 0 Å². The molecule has 0 aromatic heterocycles. The minimum atomic E-state index is -0.984. The molecule has 0 bridgehead atoms. The fourth-order valence-corrected chi connectivity index (χ4v) is 1.41. The van der Waals surface area contributed by atoms with E-state index in [1.807, 2.05) is 13.8 Å². The van der Waals surface area contributed by atoms with Crippen LogP contribution in [-0.4, -0.2) is 47.1 Å². The standard InChI is InChI=1S/C8H15NO4/c1-4(2)13-7-5(10)3-9-6(7)8(11)12/h4-7,9-10H,3H2,1-2H3,(H,11,12)/t5-,6+,7-/m1/s1. The molecule has 3 atom stereocenters. The molecule has 5 nitrogen and oxygen atoms in total. The van der Waals surface area contributed by atoms with Gasteiger partial charge in [-0.15, -0.1) is 0 Å². The molecule has 0 spiro atoms. The number of ether oxygens (including phenoxy) is 1. The Bertz CT molecular complexity index is 195. The highest BCUT2D eigenvalue weighted by Crippen LogP contribution is 2.14. The molecule has 0 aromatic carbocycles. The Labute approximate surface area is 76.7 Å². The summed E-state index contributed by atoms with van der Waals surface area (Å²) in [7, 11) is 0. The molecule has 1 fully saturated rings. The number of aliphatic hydroxyl groups is 1. The first-order valence-corrected chi connectivity index (χ1v) is 4.32. The van der Waals surface area contributed by atoms with Crippen LogP contribution in [0.1, 0.15) is 13.8 Å². The summed E-state index contributed by atoms with van der Waals surface area (Å²) in [6, 6.07) is -0.794. The van der Waals surface area contributed by atoms with Crippen LogP contribution in [0.15, 0.2) is 0 Å². The third kappa shape index (κ3) is 2.40. The predicted molar refractivity (Wildman–Crippen MR) is 45.4 cm³/mol. The zero-order chi connectivity index (χ0) is 10.0. The van der Waals surface area contributed by atoms with Crippen LogP contribution in [0.2, 0.25) is 0 Å². The van der Waals surface area contributed by atoms with Crippen LogP contribution in [-0.2, 0) is 9.53 Å². The van der Waals surface area contributed by atoms with Crippen molar-refractivity contribution >= 4 is 5.97 Å². The van der Waals surface area contributed by atoms with Gasteiger partial charge in [0.15, 0.2) is 0 Å². The van der Waals surface area contributed by atoms with Gasteiger partial charge in [0.1, 0.15) is 12.1 Å². The summed E-state index contributed by atoms with van der Waals surface area (Å²) in [6.07, 6.45) is -1.46. The van der Waals surface area contributed by atoms with E-state index in [9.17, 15) is 9.90 Å². The lowest BCUT2D eigenvalue weighted by atomic mass is 10.1. The molecule has 0 aromatic rings. The summed E-state index contributed by atoms with van der Waals surface area (Å²) in [5.41, 5.74) is 0. The number of carboxylic acids is 1. The molecule has 1 aliphatic rings. The zero-order valence-electron chi connectivity index (χ0n) is 7.73. The van der Waals surface area contributed by atoms with Gasteiger partial charge in [0, 0.05) is 6.54 Å². The van der Waals surface area contributed by atoms with Crippen LogP contribution in [0.4, 0.5) is 0 Å². The molecule has 1 saturated heterocycles. The summed E-state index contributed by atoms with van der Waals surface area (Å²) < 4.78 is 5.30. The zero-order valence-corrected chi connectivity index (χ0v) is 7.73. The fourth-order valence-electron chi connectivity index (χ4n) is 1.41. The minimum absolute atomic E-state index is 0.0820. The monoisotopic (exact) mass is 189 g/mol. The van der Waals surface area contributed by atoms with Crippen LogP contribution in [0.3, 0.4) is 0 Å². The van der Waals surface area contributed by atoms with Crippen molar-refractivity contribution in [2.24, 2.45) is 0 Å². The number of carbonyl (C=O) groups is 1. The Morgan fingerprint density at radius 2 is 2.23 bits per heavy atom. The number of rotatable bonds is 3. The van der Waals surface area contributed by atoms with Gasteiger partial charge in [-0.2, -0.15) is 0 Å². The molecule has 0 saturated carbocycles. The average Bonchev–Trinajstić information content (AvgIpc) is 2.32. The van der Waals surface area contributed by atoms with Crippen molar-refractivity contribution in [3.63, 3.8) is 0 Å². The van der Waals surface area contributed by atoms with Crippen molar-refractivity contribution in [2.45, 2.75) is 38.2 Å². The van der Waals surface area contributed by atoms with Crippen LogP contribution in [0.5, 0.6) is 0 Å². The van der Waals surface area contributed by atoms with E-state index in [1.54, 1.807) is 0 Å². The van der Waals surface area contributed by atoms with Gasteiger partial charge in [-0.1, -0.05) is 0 Å². The van der Waals surface area contributed by atoms with E-state index in [1.165, 1.54) is 0 Å². The minimum Gasteiger partial charge on any atom is -0.480 e. The predicted octanol–water partition coefficient (Wildman–Crippen LogP) is -0.803. The number of β-amino-alcohol motifs (C(OH)–C–C–N with tert-alkyl or cyclic N) is 1. The second kappa shape index (κ2) is 4.04. The quantitative estimate of drug-likeness (QED) is 0.541. The molecule has 3 N–H and O–H groups in total. The van der Waals surface area contributed by atoms with Crippen molar-refractivity contribution in [3.8, 4) is 0 Å². The van der Waals surface area contributed by atoms with Crippen molar-refractivity contribution < 1.29 is 19.7 Å². The number of aliphatic hydroxyl groups excluding tert-OH is 1. The lowest BCUT2D eigenvalue weighted by Crippen LogP contribution is -2.43. The Kier molecular flexibility index (Phi) is 3.24. The molecule has 0 unspecified atom stereocenters. The number of nitrogens with one attached hydrogen (secondary N) is 1. The maximum absolute atomic E-state index is 10.7. The van der Waals surface area contributed by atoms with Gasteiger partial charge in [0.2, 0.25) is 0 Å². The van der Waals surface area contributed by atoms with Crippen LogP contribution >= 0.6 is 0 Å². The molecule has 5 heteroatoms. The lowest BCUT2D eigenvalue weighted by molar-refractivity contribution is -0.145. The fraction of sp³-hybridized carbons (Fsp3) is 0.875. The van der Waals surface area contributed by atoms with Crippen LogP contribution in [0, 0.1) is 0 Å². The molecular weight excluding hydrogens is 174 g/mol. The van der Waals surface area contributed by atoms with Gasteiger partial charge < -0.3 is 14.9 Å². The molecule has 76 valence electrons. The van der Waals surface area contributed by atoms with Gasteiger partial charge >= 0.3 is 5.97 Å². The van der Waals surface area contributed by atoms with Crippen LogP contribution < -0.4 is 5.32 Å². The van der Waals surface area contributed by atoms with Gasteiger partial charge in [-0.25, -0.2) is 0 Å². The first-order valence-electron chi connectivity index (χ1n) is 4.32. The largest absolute Gasteiger partial charge is 0.480 e. The number of hydrogen-bond acceptors (Lipinski definition) is 4. The van der Waals surface area contributed by atoms with E-state index in [-0.39, 0.29) is 12.6 Å². The van der Waals surface area contributed by atoms with Gasteiger partial charge in [-0.3, -0.25) is 10.1 Å². The second-order valence-electron chi connectivity index (χ2n) is 3.44. The topological polar surface area (TPSA) is 78.8 Å². The molecular formula is C8H15NO4. The maximum atomic E-state index is 10.7. The Morgan fingerprint density at radius 3 is 2.69 bits per heavy atom. The smallest absolute Gasteiger partial charge is 0.323 e. The van der Waals surface area contributed by atoms with E-state index in [2.05, 4.69) is 5.32 Å². The first-order chi connectivity index (χ1) is 6.02. The molecule has 13 heavy (non-hydrogen) atoms. The second-order valence-corrected chi connectivity index (χ2v) is 3.44. The Morgan fingerprint density at radius 1 is 1.62 bits per heavy atom. The van der Waals surface area contributed by atoms with E-state index >= 15 is 0 Å². The third-order valence-electron chi connectivity index (χ3n) is 1.95. The molecule has 0 aliphatic carbocycles. The van der Waals surface area contributed by atoms with Crippen molar-refractivity contribution in [1.82, 2.24) is 5.32 Å². The highest BCUT2D eigenvalue weighted by molar-refractivity contribution is 5.75. The van der Waals surface area contributed by atoms with Gasteiger partial charge in [-0.05, 0) is 13.8 Å². The number of hydrogen-bond donors (Lipinski definition) is 3. The maximum Gasteiger partial charge on any atom is 0.323 e. The summed E-state index contributed by atoms with van der Waals surface area (Å²) in [5.74, 6) is -0.984. The van der Waals surface area contributed by atoms with Gasteiger partial charge in [0.25, 0.3) is 0 Å². The van der Waals surface area contributed by atoms with Crippen molar-refractivity contribution in [2.75, 3.05) is 6.54 Å². The molecule has 1 rings (SSSR count). The third-order valence-corrected chi connectivity index (χ3v) is 1.95. The molecule has 1 aliphatic heterocycles. The summed E-state index contributed by atoms with van der Waals surface area (Å²) >= 11 is 0. The van der Waals surface area contributed by atoms with E-state index in [0.29, 0.717) is 0 Å². The van der Waals surface area contributed by atoms with E-state index < -0.39 is 24.2 Å². The number of aliphatic carboxylic acids is 1. The SMILES string of the molecule is CC(C)O[C@@H]1[C@H](O)CN[C@@H]1C(=O)O. The molecule has 1 heterocycles. The van der Waals surface area contributed by atoms with E-state index in [4.69, 9.17) is 9.84 Å². The van der Waals surface area contributed by atoms with Gasteiger partial charge in [0.05, 0.1) is 12.2 Å². The first kappa shape index (κ1) is 10.4. The normalized spacial score (nSPS) is 34.0. The number of carboxylic acid groups (broad SMARTS) is 1. The molecule has 0 amide bonds. The highest BCUT2D eigenvalue weighted by atomic mass is 16.5. The summed E-state index contributed by atoms with van der Waals surface area (Å²) in [4.78, 5) is 10.7. The Balaban J connectivity index is 2.60. The lowest BCUT2D eigenvalue weighted by Gasteiger charge is -2.21. The van der Waals surface area contributed by atoms with E-state index in [0.717, 1.165) is 0 Å². The highest BCUT2D eigenvalue weighted by Gasteiger charge is 2.40. The van der Waals surface area contributed by atoms with Crippen molar-refractivity contribution in [1.29, 1.82) is 0 Å². The van der Waals surface area contributed by atoms with Crippen molar-refractivity contribution in [3.05, 3.63) is 0 Å².